The first-order valence-corrected chi connectivity index (χ1v) is 5.38. The molecule has 0 saturated heterocycles. The first-order valence-electron chi connectivity index (χ1n) is 5.38. The molecule has 0 spiro atoms. The lowest BCUT2D eigenvalue weighted by atomic mass is 10.1. The minimum atomic E-state index is -1.64. The van der Waals surface area contributed by atoms with Gasteiger partial charge in [-0.1, -0.05) is 0 Å². The monoisotopic (exact) mass is 257 g/mol. The zero-order valence-corrected chi connectivity index (χ0v) is 9.50. The summed E-state index contributed by atoms with van der Waals surface area (Å²) in [6, 6.07) is 0. The third kappa shape index (κ3) is 2.23. The molecule has 0 aliphatic carbocycles. The Balaban J connectivity index is 2.24. The molecule has 0 fully saturated rings. The Morgan fingerprint density at radius 3 is 2.83 bits per heavy atom. The second-order valence-corrected chi connectivity index (χ2v) is 4.06. The van der Waals surface area contributed by atoms with Gasteiger partial charge in [-0.25, -0.2) is 0 Å². The van der Waals surface area contributed by atoms with Crippen molar-refractivity contribution in [3.05, 3.63) is 10.4 Å². The average molecular weight is 257 g/mol. The smallest absolute Gasteiger partial charge is 0.277 e. The van der Waals surface area contributed by atoms with Crippen LogP contribution in [0.25, 0.3) is 0 Å². The van der Waals surface area contributed by atoms with Gasteiger partial charge >= 0.3 is 0 Å². The quantitative estimate of drug-likeness (QED) is 0.323. The molecule has 1 aliphatic rings. The highest BCUT2D eigenvalue weighted by Crippen LogP contribution is 2.26. The van der Waals surface area contributed by atoms with Crippen molar-refractivity contribution >= 4 is 17.5 Å². The van der Waals surface area contributed by atoms with Crippen molar-refractivity contribution in [2.45, 2.75) is 6.29 Å². The molecule has 1 unspecified atom stereocenters. The zero-order chi connectivity index (χ0) is 13.3. The molecule has 100 valence electrons. The van der Waals surface area contributed by atoms with Gasteiger partial charge in [-0.2, -0.15) is 4.98 Å². The van der Waals surface area contributed by atoms with E-state index in [1.165, 1.54) is 0 Å². The van der Waals surface area contributed by atoms with Crippen molar-refractivity contribution in [3.8, 4) is 0 Å². The first-order chi connectivity index (χ1) is 8.52. The van der Waals surface area contributed by atoms with Gasteiger partial charge in [0.05, 0.1) is 19.2 Å². The van der Waals surface area contributed by atoms with Crippen molar-refractivity contribution < 1.29 is 15.3 Å². The third-order valence-corrected chi connectivity index (χ3v) is 2.78. The summed E-state index contributed by atoms with van der Waals surface area (Å²) in [5.41, 5.74) is 5.35. The van der Waals surface area contributed by atoms with E-state index in [-0.39, 0.29) is 37.0 Å². The number of anilines is 3. The maximum absolute atomic E-state index is 11.6. The van der Waals surface area contributed by atoms with Crippen LogP contribution in [0.4, 0.5) is 17.5 Å². The summed E-state index contributed by atoms with van der Waals surface area (Å²) in [4.78, 5) is 19.5. The molecule has 1 aromatic rings. The molecule has 0 amide bonds. The number of hydrogen-bond acceptors (Lipinski definition) is 8. The van der Waals surface area contributed by atoms with Crippen molar-refractivity contribution in [2.75, 3.05) is 35.8 Å². The van der Waals surface area contributed by atoms with Crippen LogP contribution in [0.1, 0.15) is 0 Å². The minimum absolute atomic E-state index is 0.0162. The molecule has 0 aromatic carbocycles. The zero-order valence-electron chi connectivity index (χ0n) is 9.50. The normalized spacial score (nSPS) is 15.7. The lowest BCUT2D eigenvalue weighted by Crippen LogP contribution is -2.37. The van der Waals surface area contributed by atoms with Crippen molar-refractivity contribution in [1.82, 2.24) is 9.97 Å². The molecule has 0 bridgehead atoms. The minimum Gasteiger partial charge on any atom is -0.396 e. The fraction of sp³-hybridized carbons (Fsp3) is 0.556. The van der Waals surface area contributed by atoms with Gasteiger partial charge in [-0.3, -0.25) is 9.78 Å². The van der Waals surface area contributed by atoms with Gasteiger partial charge in [0.1, 0.15) is 5.69 Å². The van der Waals surface area contributed by atoms with E-state index < -0.39 is 12.2 Å². The summed E-state index contributed by atoms with van der Waals surface area (Å²) in [6.07, 6.45) is -1.64. The summed E-state index contributed by atoms with van der Waals surface area (Å²) < 4.78 is 0. The molecule has 9 heteroatoms. The van der Waals surface area contributed by atoms with Gasteiger partial charge in [-0.05, 0) is 0 Å². The summed E-state index contributed by atoms with van der Waals surface area (Å²) in [5.74, 6) is -0.423. The molecule has 0 radical (unpaired) electrons. The highest BCUT2D eigenvalue weighted by molar-refractivity contribution is 5.70. The third-order valence-electron chi connectivity index (χ3n) is 2.78. The summed E-state index contributed by atoms with van der Waals surface area (Å²) >= 11 is 0. The number of H-pyrrole nitrogens is 1. The van der Waals surface area contributed by atoms with Gasteiger partial charge < -0.3 is 31.3 Å². The molecule has 7 N–H and O–H groups in total. The molecule has 1 aromatic heterocycles. The molecule has 0 saturated carbocycles. The molecule has 1 aliphatic heterocycles. The number of aliphatic hydroxyl groups excluding tert-OH is 2. The van der Waals surface area contributed by atoms with E-state index in [9.17, 15) is 4.79 Å². The van der Waals surface area contributed by atoms with E-state index in [4.69, 9.17) is 21.1 Å². The molecule has 1 atom stereocenters. The maximum Gasteiger partial charge on any atom is 0.277 e. The number of nitrogens with zero attached hydrogens (tertiary/aromatic N) is 2. The van der Waals surface area contributed by atoms with E-state index in [1.807, 2.05) is 0 Å². The maximum atomic E-state index is 11.6. The summed E-state index contributed by atoms with van der Waals surface area (Å²) in [5, 5.41) is 30.0. The highest BCUT2D eigenvalue weighted by Gasteiger charge is 2.27. The fourth-order valence-electron chi connectivity index (χ4n) is 1.80. The molecule has 9 nitrogen and oxygen atoms in total. The van der Waals surface area contributed by atoms with Crippen molar-refractivity contribution in [1.29, 1.82) is 0 Å². The Bertz CT molecular complexity index is 488. The Labute approximate surface area is 102 Å². The summed E-state index contributed by atoms with van der Waals surface area (Å²) in [6.45, 7) is 0.0460. The lowest BCUT2D eigenvalue weighted by molar-refractivity contribution is -0.0933. The molecular weight excluding hydrogens is 242 g/mol. The van der Waals surface area contributed by atoms with Crippen LogP contribution >= 0.6 is 0 Å². The van der Waals surface area contributed by atoms with E-state index in [2.05, 4.69) is 15.3 Å². The van der Waals surface area contributed by atoms with Crippen LogP contribution in [0.3, 0.4) is 0 Å². The average Bonchev–Trinajstić information content (AvgIpc) is 2.68. The predicted molar refractivity (Wildman–Crippen MR) is 63.9 cm³/mol. The molecule has 2 rings (SSSR count). The van der Waals surface area contributed by atoms with Gasteiger partial charge in [0.15, 0.2) is 12.1 Å². The Morgan fingerprint density at radius 2 is 2.22 bits per heavy atom. The second-order valence-electron chi connectivity index (χ2n) is 4.06. The Morgan fingerprint density at radius 1 is 1.50 bits per heavy atom. The van der Waals surface area contributed by atoms with Gasteiger partial charge in [-0.15, -0.1) is 0 Å². The fourth-order valence-corrected chi connectivity index (χ4v) is 1.80. The largest absolute Gasteiger partial charge is 0.396 e. The van der Waals surface area contributed by atoms with Crippen LogP contribution in [0.2, 0.25) is 0 Å². The Hall–Kier alpha value is -1.84. The number of aliphatic hydroxyl groups is 3. The van der Waals surface area contributed by atoms with Gasteiger partial charge in [0.2, 0.25) is 5.95 Å². The number of hydrogen-bond donors (Lipinski definition) is 6. The number of rotatable bonds is 4. The Kier molecular flexibility index (Phi) is 3.36. The van der Waals surface area contributed by atoms with E-state index in [0.717, 1.165) is 0 Å². The van der Waals surface area contributed by atoms with E-state index >= 15 is 0 Å². The first kappa shape index (κ1) is 12.6. The van der Waals surface area contributed by atoms with Crippen LogP contribution in [0.5, 0.6) is 0 Å². The molecular formula is C9H15N5O4. The number of nitrogens with one attached hydrogen (secondary N) is 2. The molecule has 18 heavy (non-hydrogen) atoms. The van der Waals surface area contributed by atoms with Crippen LogP contribution in [0, 0.1) is 5.92 Å². The van der Waals surface area contributed by atoms with Crippen LogP contribution < -0.4 is 21.5 Å². The van der Waals surface area contributed by atoms with Crippen LogP contribution in [-0.2, 0) is 0 Å². The number of nitrogen functional groups attached to an aromatic ring is 1. The van der Waals surface area contributed by atoms with Crippen LogP contribution in [0.15, 0.2) is 4.79 Å². The predicted octanol–water partition coefficient (Wildman–Crippen LogP) is -2.54. The van der Waals surface area contributed by atoms with E-state index in [0.29, 0.717) is 5.82 Å². The second kappa shape index (κ2) is 4.80. The standard InChI is InChI=1S/C9H15N5O4/c10-9-12-6-5(7(16)13-9)11-3-14(6)1-4(2-15)8(17)18/h4,8,11,15,17-18H,1-3H2,(H3,10,12,13,16). The number of fused-ring (bicyclic) bond motifs is 1. The van der Waals surface area contributed by atoms with Crippen molar-refractivity contribution in [2.24, 2.45) is 5.92 Å². The van der Waals surface area contributed by atoms with Crippen LogP contribution in [-0.4, -0.2) is 51.4 Å². The van der Waals surface area contributed by atoms with Gasteiger partial charge in [0.25, 0.3) is 5.56 Å². The van der Waals surface area contributed by atoms with Crippen molar-refractivity contribution in [3.63, 3.8) is 0 Å². The van der Waals surface area contributed by atoms with E-state index in [1.54, 1.807) is 4.90 Å². The number of nitrogens with two attached hydrogens (primary N) is 1. The highest BCUT2D eigenvalue weighted by atomic mass is 16.5. The topological polar surface area (TPSA) is 148 Å². The summed E-state index contributed by atoms with van der Waals surface area (Å²) in [7, 11) is 0. The number of aromatic nitrogens is 2. The SMILES string of the molecule is Nc1nc2c(c(=O)[nH]1)NCN2CC(CO)C(O)O. The molecule has 2 heterocycles. The lowest BCUT2D eigenvalue weighted by Gasteiger charge is -2.23. The number of aromatic amines is 1. The van der Waals surface area contributed by atoms with Gasteiger partial charge in [0, 0.05) is 6.54 Å².